The monoisotopic (exact) mass is 211 g/mol. The van der Waals surface area contributed by atoms with Crippen LogP contribution in [0.3, 0.4) is 0 Å². The van der Waals surface area contributed by atoms with Gasteiger partial charge in [0.15, 0.2) is 0 Å². The minimum atomic E-state index is -0.167. The first kappa shape index (κ1) is 10.4. The maximum atomic E-state index is 12.0. The Bertz CT molecular complexity index is 468. The molecule has 1 aromatic heterocycles. The molecule has 0 atom stereocenters. The Balaban J connectivity index is 2.24. The predicted octanol–water partition coefficient (Wildman–Crippen LogP) is 2.52. The third kappa shape index (κ3) is 2.08. The van der Waals surface area contributed by atoms with Crippen molar-refractivity contribution in [3.63, 3.8) is 0 Å². The number of nitrogens with zero attached hydrogens (tertiary/aromatic N) is 2. The molecule has 2 aromatic rings. The molecule has 1 amide bonds. The van der Waals surface area contributed by atoms with Crippen LogP contribution in [0.4, 0.5) is 5.82 Å². The van der Waals surface area contributed by atoms with Gasteiger partial charge < -0.3 is 0 Å². The maximum absolute atomic E-state index is 12.0. The molecule has 16 heavy (non-hydrogen) atoms. The molecule has 3 nitrogen and oxygen atoms in total. The van der Waals surface area contributed by atoms with Crippen molar-refractivity contribution in [1.29, 1.82) is 0 Å². The molecule has 0 aliphatic rings. The first-order valence-corrected chi connectivity index (χ1v) is 4.90. The lowest BCUT2D eigenvalue weighted by atomic mass is 10.2. The Morgan fingerprint density at radius 2 is 1.75 bits per heavy atom. The van der Waals surface area contributed by atoms with Crippen LogP contribution in [0.2, 0.25) is 0 Å². The quantitative estimate of drug-likeness (QED) is 0.764. The van der Waals surface area contributed by atoms with Crippen molar-refractivity contribution < 1.29 is 4.79 Å². The third-order valence-corrected chi connectivity index (χ3v) is 2.19. The normalized spacial score (nSPS) is 9.81. The number of aromatic nitrogens is 1. The summed E-state index contributed by atoms with van der Waals surface area (Å²) in [7, 11) is 3.71. The number of hydrogen-bond acceptors (Lipinski definition) is 2. The SMILES string of the molecule is [CH2]N(C(=O)c1ccccc1)c1ccccn1. The average molecular weight is 211 g/mol. The van der Waals surface area contributed by atoms with Gasteiger partial charge in [-0.2, -0.15) is 0 Å². The van der Waals surface area contributed by atoms with Crippen LogP contribution >= 0.6 is 0 Å². The van der Waals surface area contributed by atoms with Gasteiger partial charge in [0.1, 0.15) is 5.82 Å². The zero-order valence-electron chi connectivity index (χ0n) is 8.71. The van der Waals surface area contributed by atoms with Crippen molar-refractivity contribution in [2.45, 2.75) is 0 Å². The van der Waals surface area contributed by atoms with Crippen LogP contribution in [-0.4, -0.2) is 10.9 Å². The smallest absolute Gasteiger partial charge is 0.259 e. The van der Waals surface area contributed by atoms with Crippen molar-refractivity contribution in [2.24, 2.45) is 0 Å². The summed E-state index contributed by atoms with van der Waals surface area (Å²) in [6, 6.07) is 14.4. The highest BCUT2D eigenvalue weighted by molar-refractivity contribution is 6.05. The van der Waals surface area contributed by atoms with Crippen molar-refractivity contribution in [3.05, 3.63) is 67.3 Å². The Hall–Kier alpha value is -2.16. The number of hydrogen-bond donors (Lipinski definition) is 0. The largest absolute Gasteiger partial charge is 0.291 e. The molecule has 3 heteroatoms. The van der Waals surface area contributed by atoms with E-state index in [0.29, 0.717) is 11.4 Å². The Labute approximate surface area is 94.4 Å². The molecule has 79 valence electrons. The number of carbonyl (C=O) groups excluding carboxylic acids is 1. The first-order valence-electron chi connectivity index (χ1n) is 4.90. The summed E-state index contributed by atoms with van der Waals surface area (Å²) in [5.41, 5.74) is 0.600. The van der Waals surface area contributed by atoms with E-state index in [0.717, 1.165) is 0 Å². The van der Waals surface area contributed by atoms with Crippen molar-refractivity contribution in [1.82, 2.24) is 4.98 Å². The molecule has 1 aromatic carbocycles. The van der Waals surface area contributed by atoms with E-state index < -0.39 is 0 Å². The van der Waals surface area contributed by atoms with Gasteiger partial charge in [0.05, 0.1) is 0 Å². The second kappa shape index (κ2) is 4.57. The number of rotatable bonds is 2. The minimum absolute atomic E-state index is 0.167. The van der Waals surface area contributed by atoms with E-state index in [-0.39, 0.29) is 5.91 Å². The van der Waals surface area contributed by atoms with E-state index in [1.165, 1.54) is 4.90 Å². The van der Waals surface area contributed by atoms with E-state index in [2.05, 4.69) is 12.0 Å². The molecule has 1 radical (unpaired) electrons. The highest BCUT2D eigenvalue weighted by Crippen LogP contribution is 2.12. The summed E-state index contributed by atoms with van der Waals surface area (Å²) in [5.74, 6) is 0.371. The Morgan fingerprint density at radius 3 is 2.38 bits per heavy atom. The third-order valence-electron chi connectivity index (χ3n) is 2.19. The lowest BCUT2D eigenvalue weighted by molar-refractivity contribution is 0.0996. The molecule has 0 saturated heterocycles. The van der Waals surface area contributed by atoms with Gasteiger partial charge in [-0.15, -0.1) is 0 Å². The summed E-state index contributed by atoms with van der Waals surface area (Å²) in [6.07, 6.45) is 1.63. The molecular weight excluding hydrogens is 200 g/mol. The van der Waals surface area contributed by atoms with Gasteiger partial charge in [-0.05, 0) is 24.3 Å². The fourth-order valence-electron chi connectivity index (χ4n) is 1.35. The van der Waals surface area contributed by atoms with E-state index in [4.69, 9.17) is 0 Å². The standard InChI is InChI=1S/C13H11N2O/c1-15(12-9-5-6-10-14-12)13(16)11-7-3-2-4-8-11/h2-10H,1H2. The van der Waals surface area contributed by atoms with E-state index in [9.17, 15) is 4.79 Å². The number of anilines is 1. The molecule has 0 bridgehead atoms. The second-order valence-corrected chi connectivity index (χ2v) is 3.29. The van der Waals surface area contributed by atoms with Gasteiger partial charge >= 0.3 is 0 Å². The average Bonchev–Trinajstić information content (AvgIpc) is 2.39. The van der Waals surface area contributed by atoms with Crippen LogP contribution in [0.15, 0.2) is 54.7 Å². The lowest BCUT2D eigenvalue weighted by Crippen LogP contribution is -2.24. The van der Waals surface area contributed by atoms with Gasteiger partial charge in [0.2, 0.25) is 0 Å². The molecule has 0 spiro atoms. The van der Waals surface area contributed by atoms with Crippen LogP contribution in [0.25, 0.3) is 0 Å². The molecule has 0 aliphatic heterocycles. The molecule has 2 rings (SSSR count). The van der Waals surface area contributed by atoms with E-state index in [1.807, 2.05) is 24.3 Å². The van der Waals surface area contributed by atoms with Gasteiger partial charge in [0.25, 0.3) is 5.91 Å². The number of amides is 1. The van der Waals surface area contributed by atoms with Gasteiger partial charge in [-0.25, -0.2) is 4.98 Å². The predicted molar refractivity (Wildman–Crippen MR) is 62.8 cm³/mol. The second-order valence-electron chi connectivity index (χ2n) is 3.29. The summed E-state index contributed by atoms with van der Waals surface area (Å²) in [4.78, 5) is 17.3. The molecule has 0 N–H and O–H groups in total. The zero-order chi connectivity index (χ0) is 11.4. The van der Waals surface area contributed by atoms with Crippen molar-refractivity contribution in [3.8, 4) is 0 Å². The number of carbonyl (C=O) groups is 1. The zero-order valence-corrected chi connectivity index (χ0v) is 8.71. The highest BCUT2D eigenvalue weighted by Gasteiger charge is 2.13. The summed E-state index contributed by atoms with van der Waals surface area (Å²) in [5, 5.41) is 0. The van der Waals surface area contributed by atoms with Crippen LogP contribution in [0, 0.1) is 7.05 Å². The Kier molecular flexibility index (Phi) is 2.96. The summed E-state index contributed by atoms with van der Waals surface area (Å²) < 4.78 is 0. The summed E-state index contributed by atoms with van der Waals surface area (Å²) >= 11 is 0. The maximum Gasteiger partial charge on any atom is 0.259 e. The van der Waals surface area contributed by atoms with E-state index >= 15 is 0 Å². The van der Waals surface area contributed by atoms with Gasteiger partial charge in [0, 0.05) is 18.8 Å². The minimum Gasteiger partial charge on any atom is -0.291 e. The fourth-order valence-corrected chi connectivity index (χ4v) is 1.35. The van der Waals surface area contributed by atoms with E-state index in [1.54, 1.807) is 30.5 Å². The topological polar surface area (TPSA) is 33.2 Å². The van der Waals surface area contributed by atoms with Crippen LogP contribution in [-0.2, 0) is 0 Å². The number of benzene rings is 1. The van der Waals surface area contributed by atoms with Gasteiger partial charge in [-0.1, -0.05) is 24.3 Å². The number of pyridine rings is 1. The first-order chi connectivity index (χ1) is 7.79. The van der Waals surface area contributed by atoms with Crippen LogP contribution in [0.5, 0.6) is 0 Å². The van der Waals surface area contributed by atoms with Gasteiger partial charge in [-0.3, -0.25) is 9.69 Å². The molecule has 0 fully saturated rings. The fraction of sp³-hybridized carbons (Fsp3) is 0. The highest BCUT2D eigenvalue weighted by atomic mass is 16.2. The molecule has 0 aliphatic carbocycles. The van der Waals surface area contributed by atoms with Crippen molar-refractivity contribution >= 4 is 11.7 Å². The van der Waals surface area contributed by atoms with Crippen LogP contribution in [0.1, 0.15) is 10.4 Å². The molecule has 1 heterocycles. The molecule has 0 unspecified atom stereocenters. The summed E-state index contributed by atoms with van der Waals surface area (Å²) in [6.45, 7) is 0. The molecular formula is C13H11N2O. The lowest BCUT2D eigenvalue weighted by Gasteiger charge is -2.15. The van der Waals surface area contributed by atoms with Crippen molar-refractivity contribution in [2.75, 3.05) is 4.90 Å². The Morgan fingerprint density at radius 1 is 1.06 bits per heavy atom. The van der Waals surface area contributed by atoms with Crippen LogP contribution < -0.4 is 4.90 Å². The molecule has 0 saturated carbocycles.